The maximum absolute atomic E-state index is 10.7. The van der Waals surface area contributed by atoms with Crippen LogP contribution in [-0.2, 0) is 27.7 Å². The van der Waals surface area contributed by atoms with Crippen molar-refractivity contribution in [2.75, 3.05) is 23.9 Å². The third-order valence-corrected chi connectivity index (χ3v) is 2.94. The van der Waals surface area contributed by atoms with Gasteiger partial charge in [-0.15, -0.1) is 0 Å². The summed E-state index contributed by atoms with van der Waals surface area (Å²) in [6.07, 6.45) is 14.3. The second-order valence-electron chi connectivity index (χ2n) is 6.77. The van der Waals surface area contributed by atoms with Gasteiger partial charge in [-0.25, -0.2) is 19.9 Å². The topological polar surface area (TPSA) is 64.5 Å². The summed E-state index contributed by atoms with van der Waals surface area (Å²) in [5.74, 6) is 1.27. The van der Waals surface area contributed by atoms with Crippen molar-refractivity contribution in [3.63, 3.8) is 0 Å². The molecule has 0 unspecified atom stereocenters. The van der Waals surface area contributed by atoms with Crippen LogP contribution in [0.15, 0.2) is 61.7 Å². The Morgan fingerprint density at radius 2 is 0.744 bits per heavy atom. The van der Waals surface area contributed by atoms with E-state index in [-0.39, 0.29) is 27.7 Å². The SMILES string of the molecule is CN1[C]N(c2ncccn2)C=C1.CN1[C]N(c2ncccn2)C=C1.F[P-](F)(F)(F)(F)F.F[P-](F)(F)(F)(F)F.[Hg+2]. The van der Waals surface area contributed by atoms with Crippen LogP contribution in [0.1, 0.15) is 0 Å². The van der Waals surface area contributed by atoms with E-state index in [4.69, 9.17) is 0 Å². The molecule has 0 bridgehead atoms. The summed E-state index contributed by atoms with van der Waals surface area (Å²) < 4.78 is 118. The summed E-state index contributed by atoms with van der Waals surface area (Å²) >= 11 is 0. The monoisotopic (exact) mass is 812 g/mol. The Hall–Kier alpha value is -2.20. The second-order valence-corrected chi connectivity index (χ2v) is 10.6. The molecule has 2 aromatic heterocycles. The first-order valence-electron chi connectivity index (χ1n) is 9.22. The first-order valence-corrected chi connectivity index (χ1v) is 13.3. The smallest absolute Gasteiger partial charge is 2.00 e. The first-order chi connectivity index (χ1) is 16.6. The maximum atomic E-state index is 9.87. The molecule has 4 radical (unpaired) electrons. The van der Waals surface area contributed by atoms with Crippen LogP contribution < -0.4 is 9.80 Å². The molecule has 0 N–H and O–H groups in total. The van der Waals surface area contributed by atoms with Crippen molar-refractivity contribution in [2.45, 2.75) is 0 Å². The molecule has 0 aliphatic carbocycles. The van der Waals surface area contributed by atoms with Gasteiger partial charge in [-0.1, -0.05) is 0 Å². The zero-order valence-corrected chi connectivity index (χ0v) is 26.8. The van der Waals surface area contributed by atoms with E-state index < -0.39 is 15.6 Å². The predicted octanol–water partition coefficient (Wildman–Crippen LogP) is 8.15. The standard InChI is InChI=1S/2C8H8N4.2F6P.Hg/c2*1-11-5-6-12(7-11)8-9-3-2-4-10-8;2*1-7(2,3,4,5)6;/h2*2-6H,1H3;;;/q;;2*-1;+2. The molecule has 0 spiro atoms. The Labute approximate surface area is 234 Å². The number of hydrogen-bond donors (Lipinski definition) is 0. The molecule has 0 saturated heterocycles. The molecule has 39 heavy (non-hydrogen) atoms. The van der Waals surface area contributed by atoms with Gasteiger partial charge in [0.2, 0.25) is 25.2 Å². The van der Waals surface area contributed by atoms with Crippen LogP contribution in [0.2, 0.25) is 0 Å². The van der Waals surface area contributed by atoms with Crippen molar-refractivity contribution >= 4 is 27.5 Å². The number of rotatable bonds is 2. The molecule has 0 aromatic carbocycles. The molecule has 0 atom stereocenters. The molecule has 0 amide bonds. The predicted molar refractivity (Wildman–Crippen MR) is 116 cm³/mol. The van der Waals surface area contributed by atoms with Crippen molar-refractivity contribution < 1.29 is 78.0 Å². The molecule has 0 fully saturated rings. The summed E-state index contributed by atoms with van der Waals surface area (Å²) in [7, 11) is -17.5. The van der Waals surface area contributed by atoms with Crippen LogP contribution in [0.4, 0.5) is 62.3 Å². The van der Waals surface area contributed by atoms with E-state index in [0.717, 1.165) is 0 Å². The van der Waals surface area contributed by atoms with Gasteiger partial charge in [0.15, 0.2) is 0 Å². The minimum Gasteiger partial charge on any atom is 2.00 e. The van der Waals surface area contributed by atoms with Crippen LogP contribution in [0, 0.1) is 13.3 Å². The van der Waals surface area contributed by atoms with E-state index >= 15 is 0 Å². The summed E-state index contributed by atoms with van der Waals surface area (Å²) in [5.41, 5.74) is 0. The Kier molecular flexibility index (Phi) is 10.7. The van der Waals surface area contributed by atoms with Crippen LogP contribution in [0.3, 0.4) is 0 Å². The average molecular weight is 811 g/mol. The zero-order valence-electron chi connectivity index (χ0n) is 19.5. The molecule has 216 valence electrons. The summed E-state index contributed by atoms with van der Waals surface area (Å²) in [6.45, 7) is 6.00. The molecule has 4 rings (SSSR count). The van der Waals surface area contributed by atoms with E-state index in [9.17, 15) is 50.4 Å². The van der Waals surface area contributed by atoms with E-state index in [1.807, 2.05) is 48.7 Å². The molecule has 8 nitrogen and oxygen atoms in total. The largest absolute Gasteiger partial charge is 2.00 e. The fraction of sp³-hybridized carbons (Fsp3) is 0.125. The molecule has 2 aromatic rings. The number of aromatic nitrogens is 4. The molecule has 2 aliphatic rings. The van der Waals surface area contributed by atoms with Gasteiger partial charge in [0.1, 0.15) is 0 Å². The Balaban J connectivity index is 0.000000508. The van der Waals surface area contributed by atoms with Gasteiger partial charge < -0.3 is 9.80 Å². The van der Waals surface area contributed by atoms with Crippen molar-refractivity contribution in [3.8, 4) is 0 Å². The van der Waals surface area contributed by atoms with Crippen LogP contribution >= 0.6 is 15.6 Å². The number of anilines is 2. The number of hydrogen-bond acceptors (Lipinski definition) is 8. The van der Waals surface area contributed by atoms with E-state index in [2.05, 4.69) is 33.3 Å². The molecule has 4 heterocycles. The fourth-order valence-corrected chi connectivity index (χ4v) is 1.86. The molecule has 23 heteroatoms. The van der Waals surface area contributed by atoms with Crippen LogP contribution in [0.25, 0.3) is 0 Å². The third kappa shape index (κ3) is 25.8. The van der Waals surface area contributed by atoms with Gasteiger partial charge in [-0.3, -0.25) is 9.80 Å². The zero-order chi connectivity index (χ0) is 29.6. The van der Waals surface area contributed by atoms with Gasteiger partial charge in [0, 0.05) is 63.7 Å². The van der Waals surface area contributed by atoms with Crippen LogP contribution in [0.5, 0.6) is 0 Å². The number of nitrogens with zero attached hydrogens (tertiary/aromatic N) is 8. The van der Waals surface area contributed by atoms with Gasteiger partial charge in [-0.2, -0.15) is 0 Å². The van der Waals surface area contributed by atoms with Crippen molar-refractivity contribution in [1.29, 1.82) is 0 Å². The van der Waals surface area contributed by atoms with Gasteiger partial charge in [0.05, 0.1) is 0 Å². The molecular formula is C16H16F12HgN8P2. The minimum atomic E-state index is -10.7. The normalized spacial score (nSPS) is 18.0. The van der Waals surface area contributed by atoms with Gasteiger partial charge in [0.25, 0.3) is 0 Å². The maximum Gasteiger partial charge on any atom is 2.00 e. The summed E-state index contributed by atoms with van der Waals surface area (Å²) in [6, 6.07) is 3.57. The second kappa shape index (κ2) is 11.3. The number of halogens is 12. The fourth-order valence-electron chi connectivity index (χ4n) is 1.86. The Morgan fingerprint density at radius 3 is 0.923 bits per heavy atom. The Morgan fingerprint density at radius 1 is 0.513 bits per heavy atom. The van der Waals surface area contributed by atoms with E-state index in [1.54, 1.807) is 46.7 Å². The molecule has 0 saturated carbocycles. The molecular weight excluding hydrogens is 795 g/mol. The van der Waals surface area contributed by atoms with E-state index in [0.29, 0.717) is 11.9 Å². The third-order valence-electron chi connectivity index (χ3n) is 2.94. The first kappa shape index (κ1) is 36.8. The van der Waals surface area contributed by atoms with Crippen LogP contribution in [-0.4, -0.2) is 43.8 Å². The van der Waals surface area contributed by atoms with Gasteiger partial charge in [-0.05, 0) is 12.1 Å². The summed E-state index contributed by atoms with van der Waals surface area (Å²) in [4.78, 5) is 23.4. The molecule has 2 aliphatic heterocycles. The quantitative estimate of drug-likeness (QED) is 0.171. The minimum absolute atomic E-state index is 0. The van der Waals surface area contributed by atoms with Crippen molar-refractivity contribution in [2.24, 2.45) is 0 Å². The average Bonchev–Trinajstić information content (AvgIpc) is 3.34. The Bertz CT molecular complexity index is 992. The summed E-state index contributed by atoms with van der Waals surface area (Å²) in [5, 5.41) is 0. The van der Waals surface area contributed by atoms with Gasteiger partial charge >= 0.3 is 93.6 Å². The van der Waals surface area contributed by atoms with E-state index in [1.165, 1.54) is 0 Å². The van der Waals surface area contributed by atoms with Crippen molar-refractivity contribution in [3.05, 3.63) is 75.1 Å². The van der Waals surface area contributed by atoms with Crippen molar-refractivity contribution in [1.82, 2.24) is 29.7 Å².